The highest BCUT2D eigenvalue weighted by Gasteiger charge is 2.53. The van der Waals surface area contributed by atoms with E-state index in [1.54, 1.807) is 10.8 Å². The fourth-order valence-electron chi connectivity index (χ4n) is 6.29. The normalized spacial score (nSPS) is 35.0. The number of nitrogen functional groups attached to an aromatic ring is 1. The number of nitrogens with two attached hydrogens (primary N) is 1. The minimum atomic E-state index is -4.23. The Bertz CT molecular complexity index is 2170. The molecule has 0 bridgehead atoms. The first kappa shape index (κ1) is 31.0. The summed E-state index contributed by atoms with van der Waals surface area (Å²) in [7, 11) is 0. The fourth-order valence-corrected chi connectivity index (χ4v) is 9.13. The van der Waals surface area contributed by atoms with Gasteiger partial charge in [0.05, 0.1) is 25.9 Å². The molecule has 1 aliphatic carbocycles. The molecule has 9 atom stereocenters. The van der Waals surface area contributed by atoms with Gasteiger partial charge in [-0.15, -0.1) is 0 Å². The number of allylic oxidation sites excluding steroid dienone is 1. The molecule has 23 heteroatoms. The van der Waals surface area contributed by atoms with Crippen LogP contribution < -0.4 is 5.73 Å². The van der Waals surface area contributed by atoms with Crippen LogP contribution in [-0.4, -0.2) is 80.1 Å². The summed E-state index contributed by atoms with van der Waals surface area (Å²) in [5.41, 5.74) is 6.84. The zero-order valence-electron chi connectivity index (χ0n) is 23.8. The van der Waals surface area contributed by atoms with Crippen LogP contribution in [0.3, 0.4) is 0 Å². The number of thiol groups is 2. The van der Waals surface area contributed by atoms with Crippen molar-refractivity contribution >= 4 is 72.0 Å². The van der Waals surface area contributed by atoms with E-state index in [1.807, 2.05) is 0 Å². The molecule has 5 aromatic heterocycles. The van der Waals surface area contributed by atoms with Gasteiger partial charge in [-0.3, -0.25) is 18.0 Å². The summed E-state index contributed by atoms with van der Waals surface area (Å²) in [5.74, 6) is -0.813. The molecule has 0 radical (unpaired) electrons. The number of imidazole rings is 3. The van der Waals surface area contributed by atoms with Crippen molar-refractivity contribution in [1.29, 1.82) is 0 Å². The molecular formula is C24H25FN10O8P2S2. The van der Waals surface area contributed by atoms with E-state index in [9.17, 15) is 14.2 Å². The first-order chi connectivity index (χ1) is 22.4. The number of ether oxygens (including phenoxy) is 1. The van der Waals surface area contributed by atoms with Crippen LogP contribution in [0.1, 0.15) is 18.7 Å². The molecule has 0 aromatic carbocycles. The summed E-state index contributed by atoms with van der Waals surface area (Å²) in [6, 6.07) is -0.425. The van der Waals surface area contributed by atoms with Crippen molar-refractivity contribution in [1.82, 2.24) is 43.4 Å². The van der Waals surface area contributed by atoms with E-state index in [-0.39, 0.29) is 46.5 Å². The lowest BCUT2D eigenvalue weighted by Gasteiger charge is -2.45. The predicted octanol–water partition coefficient (Wildman–Crippen LogP) is 3.66. The molecule has 2 unspecified atom stereocenters. The van der Waals surface area contributed by atoms with E-state index in [0.717, 1.165) is 0 Å². The van der Waals surface area contributed by atoms with Crippen LogP contribution in [0.5, 0.6) is 5.88 Å². The third kappa shape index (κ3) is 5.20. The van der Waals surface area contributed by atoms with E-state index < -0.39 is 62.7 Å². The third-order valence-corrected chi connectivity index (χ3v) is 11.6. The second-order valence-electron chi connectivity index (χ2n) is 11.2. The number of halogens is 1. The number of fused-ring (bicyclic) bond motifs is 5. The van der Waals surface area contributed by atoms with Crippen molar-refractivity contribution in [3.63, 3.8) is 0 Å². The maximum absolute atomic E-state index is 16.1. The fraction of sp³-hybridized carbons (Fsp3) is 0.417. The number of anilines is 1. The molecule has 2 saturated heterocycles. The van der Waals surface area contributed by atoms with Crippen molar-refractivity contribution in [2.24, 2.45) is 11.8 Å². The molecule has 5 aromatic rings. The van der Waals surface area contributed by atoms with Crippen molar-refractivity contribution in [3.8, 4) is 5.88 Å². The molecule has 0 amide bonds. The second kappa shape index (κ2) is 11.1. The van der Waals surface area contributed by atoms with Crippen LogP contribution in [0.2, 0.25) is 0 Å². The first-order valence-corrected chi connectivity index (χ1v) is 19.4. The number of aromatic nitrogens is 9. The van der Waals surface area contributed by atoms with E-state index in [0.29, 0.717) is 12.1 Å². The van der Waals surface area contributed by atoms with Crippen molar-refractivity contribution < 1.29 is 41.5 Å². The highest BCUT2D eigenvalue weighted by atomic mass is 32.7. The summed E-state index contributed by atoms with van der Waals surface area (Å²) < 4.78 is 76.0. The Morgan fingerprint density at radius 3 is 2.62 bits per heavy atom. The summed E-state index contributed by atoms with van der Waals surface area (Å²) in [5, 5.41) is 10.7. The second-order valence-corrected chi connectivity index (χ2v) is 16.9. The molecule has 1 saturated carbocycles. The highest BCUT2D eigenvalue weighted by Crippen LogP contribution is 2.62. The quantitative estimate of drug-likeness (QED) is 0.151. The highest BCUT2D eigenvalue weighted by molar-refractivity contribution is 8.44. The van der Waals surface area contributed by atoms with Crippen LogP contribution >= 0.6 is 38.1 Å². The number of alkyl halides is 1. The Kier molecular flexibility index (Phi) is 7.34. The van der Waals surface area contributed by atoms with Gasteiger partial charge in [0.15, 0.2) is 35.0 Å². The molecule has 2 aliphatic heterocycles. The molecule has 47 heavy (non-hydrogen) atoms. The maximum atomic E-state index is 16.1. The molecule has 248 valence electrons. The Morgan fingerprint density at radius 2 is 1.79 bits per heavy atom. The van der Waals surface area contributed by atoms with Crippen molar-refractivity contribution in [2.75, 3.05) is 18.9 Å². The summed E-state index contributed by atoms with van der Waals surface area (Å²) >= 11 is 8.27. The molecule has 3 aliphatic rings. The van der Waals surface area contributed by atoms with Crippen LogP contribution in [0.15, 0.2) is 43.7 Å². The van der Waals surface area contributed by atoms with Gasteiger partial charge in [0.1, 0.15) is 29.8 Å². The standard InChI is InChI=1S/C24H25FN10O8P2S2/c1-10-14-11(4-12(14)34-8-31-17-21(34)32-24-27-2-3-33(24)22(17)36)5-39-45(38,47)43-18-13(6-40-44(37,46)42-10)41-23(15(18)25)35-9-30-16-19(26)28-7-29-20(16)35/h2-3,7-9,11-15,18,23,36H,1,4-6H2,(H,37,46)(H,38,47)(H2,26,28,29)/t11-,12-,13-,14-,15-,18-,23-,44?,45?/m1/s1. The Labute approximate surface area is 273 Å². The number of nitrogens with zero attached hydrogens (tertiary/aromatic N) is 9. The monoisotopic (exact) mass is 726 g/mol. The van der Waals surface area contributed by atoms with Crippen LogP contribution in [0, 0.1) is 11.8 Å². The SMILES string of the molecule is C=C1OP(=O)(S)OC[C@H]2O[C@@H](n3cnc4c(N)ncnc43)[C@H](F)[C@@H]2OP(=O)(S)OC[C@H]2C[C@@H](n3cnc4c(O)n5ccnc5nc43)[C@H]12. The first-order valence-electron chi connectivity index (χ1n) is 14.0. The van der Waals surface area contributed by atoms with Gasteiger partial charge >= 0.3 is 13.6 Å². The Morgan fingerprint density at radius 1 is 1.02 bits per heavy atom. The number of rotatable bonds is 2. The average Bonchev–Trinajstić information content (AvgIpc) is 3.78. The molecule has 18 nitrogen and oxygen atoms in total. The van der Waals surface area contributed by atoms with Crippen LogP contribution in [0.4, 0.5) is 10.2 Å². The largest absolute Gasteiger partial charge is 0.493 e. The third-order valence-electron chi connectivity index (χ3n) is 8.50. The molecule has 3 fully saturated rings. The van der Waals surface area contributed by atoms with Gasteiger partial charge in [0, 0.05) is 24.4 Å². The molecular weight excluding hydrogens is 701 g/mol. The number of hydrogen-bond acceptors (Lipinski definition) is 15. The summed E-state index contributed by atoms with van der Waals surface area (Å²) in [4.78, 5) is 25.1. The van der Waals surface area contributed by atoms with Gasteiger partial charge in [0.2, 0.25) is 11.7 Å². The van der Waals surface area contributed by atoms with Crippen molar-refractivity contribution in [3.05, 3.63) is 43.7 Å². The Balaban J connectivity index is 1.08. The maximum Gasteiger partial charge on any atom is 0.436 e. The van der Waals surface area contributed by atoms with E-state index in [4.69, 9.17) is 28.6 Å². The van der Waals surface area contributed by atoms with Gasteiger partial charge in [-0.25, -0.2) is 38.4 Å². The summed E-state index contributed by atoms with van der Waals surface area (Å²) in [6.07, 6.45) is 1.19. The predicted molar refractivity (Wildman–Crippen MR) is 167 cm³/mol. The molecule has 3 N–H and O–H groups in total. The van der Waals surface area contributed by atoms with Gasteiger partial charge in [0.25, 0.3) is 0 Å². The average molecular weight is 727 g/mol. The molecule has 7 heterocycles. The zero-order valence-corrected chi connectivity index (χ0v) is 27.4. The van der Waals surface area contributed by atoms with Gasteiger partial charge in [-0.2, -0.15) is 4.98 Å². The number of aromatic hydroxyl groups is 1. The van der Waals surface area contributed by atoms with Crippen molar-refractivity contribution in [2.45, 2.75) is 37.1 Å². The summed E-state index contributed by atoms with van der Waals surface area (Å²) in [6.45, 7) is -5.16. The lowest BCUT2D eigenvalue weighted by atomic mass is 9.68. The smallest absolute Gasteiger partial charge is 0.436 e. The van der Waals surface area contributed by atoms with Gasteiger partial charge < -0.3 is 29.2 Å². The topological polar surface area (TPSA) is 218 Å². The minimum Gasteiger partial charge on any atom is -0.493 e. The molecule has 8 rings (SSSR count). The van der Waals surface area contributed by atoms with Gasteiger partial charge in [-0.1, -0.05) is 18.8 Å². The Hall–Kier alpha value is -3.29. The minimum absolute atomic E-state index is 0.0302. The van der Waals surface area contributed by atoms with E-state index >= 15 is 4.39 Å². The molecule has 0 spiro atoms. The van der Waals surface area contributed by atoms with Crippen LogP contribution in [0.25, 0.3) is 28.1 Å². The van der Waals surface area contributed by atoms with Gasteiger partial charge in [-0.05, 0) is 24.6 Å². The lowest BCUT2D eigenvalue weighted by molar-refractivity contribution is -0.0402. The van der Waals surface area contributed by atoms with E-state index in [2.05, 4.69) is 61.0 Å². The lowest BCUT2D eigenvalue weighted by Crippen LogP contribution is -2.42. The van der Waals surface area contributed by atoms with Crippen LogP contribution in [-0.2, 0) is 32.0 Å². The number of hydrogen-bond donors (Lipinski definition) is 4. The van der Waals surface area contributed by atoms with E-state index in [1.165, 1.54) is 34.1 Å². The zero-order chi connectivity index (χ0) is 32.8.